The number of rotatable bonds is 3. The largest absolute Gasteiger partial charge is 0.343 e. The second-order valence-corrected chi connectivity index (χ2v) is 6.64. The first kappa shape index (κ1) is 15.3. The molecular weight excluding hydrogens is 342 g/mol. The first-order valence-corrected chi connectivity index (χ1v) is 8.35. The molecule has 0 unspecified atom stereocenters. The summed E-state index contributed by atoms with van der Waals surface area (Å²) in [4.78, 5) is 14.7. The van der Waals surface area contributed by atoms with Gasteiger partial charge in [0.2, 0.25) is 0 Å². The van der Waals surface area contributed by atoms with Crippen LogP contribution in [0.25, 0.3) is 0 Å². The van der Waals surface area contributed by atoms with Crippen LogP contribution in [0.1, 0.15) is 28.9 Å². The third-order valence-corrected chi connectivity index (χ3v) is 4.74. The average Bonchev–Trinajstić information content (AvgIpc) is 3.10. The number of aromatic nitrogens is 1. The maximum absolute atomic E-state index is 12.8. The molecule has 1 aliphatic heterocycles. The zero-order chi connectivity index (χ0) is 15.7. The third-order valence-electron chi connectivity index (χ3n) is 4.30. The zero-order valence-electron chi connectivity index (χ0n) is 12.6. The molecule has 0 spiro atoms. The number of amides is 1. The second kappa shape index (κ2) is 6.26. The van der Waals surface area contributed by atoms with Gasteiger partial charge in [-0.05, 0) is 34.5 Å². The van der Waals surface area contributed by atoms with Crippen molar-refractivity contribution in [3.63, 3.8) is 0 Å². The van der Waals surface area contributed by atoms with Crippen molar-refractivity contribution < 1.29 is 4.79 Å². The van der Waals surface area contributed by atoms with Gasteiger partial charge < -0.3 is 15.2 Å². The van der Waals surface area contributed by atoms with E-state index in [1.54, 1.807) is 0 Å². The van der Waals surface area contributed by atoms with Gasteiger partial charge >= 0.3 is 0 Å². The van der Waals surface area contributed by atoms with Gasteiger partial charge in [0.05, 0.1) is 0 Å². The Hall–Kier alpha value is -1.59. The van der Waals surface area contributed by atoms with Crippen LogP contribution in [-0.2, 0) is 6.54 Å². The SMILES string of the molecule is CCn1cc(Br)cc1C(=O)N1C[C@@H](N)[C@H](c2ccccc2)C1. The molecular formula is C17H20BrN3O. The zero-order valence-corrected chi connectivity index (χ0v) is 14.2. The van der Waals surface area contributed by atoms with Crippen molar-refractivity contribution in [2.45, 2.75) is 25.4 Å². The summed E-state index contributed by atoms with van der Waals surface area (Å²) in [5.74, 6) is 0.264. The fraction of sp³-hybridized carbons (Fsp3) is 0.353. The van der Waals surface area contributed by atoms with Crippen molar-refractivity contribution in [2.75, 3.05) is 13.1 Å². The van der Waals surface area contributed by atoms with Gasteiger partial charge in [0.15, 0.2) is 0 Å². The summed E-state index contributed by atoms with van der Waals surface area (Å²) in [5, 5.41) is 0. The van der Waals surface area contributed by atoms with Crippen LogP contribution in [0.2, 0.25) is 0 Å². The molecule has 3 rings (SSSR count). The molecule has 116 valence electrons. The Morgan fingerprint density at radius 3 is 2.73 bits per heavy atom. The second-order valence-electron chi connectivity index (χ2n) is 5.72. The number of carbonyl (C=O) groups is 1. The Morgan fingerprint density at radius 1 is 1.32 bits per heavy atom. The highest BCUT2D eigenvalue weighted by Crippen LogP contribution is 2.28. The molecule has 1 aromatic carbocycles. The van der Waals surface area contributed by atoms with Crippen LogP contribution in [0.3, 0.4) is 0 Å². The Morgan fingerprint density at radius 2 is 2.05 bits per heavy atom. The van der Waals surface area contributed by atoms with Crippen molar-refractivity contribution >= 4 is 21.8 Å². The maximum atomic E-state index is 12.8. The Balaban J connectivity index is 1.80. The van der Waals surface area contributed by atoms with E-state index in [9.17, 15) is 4.79 Å². The van der Waals surface area contributed by atoms with Crippen molar-refractivity contribution in [3.8, 4) is 0 Å². The number of benzene rings is 1. The van der Waals surface area contributed by atoms with E-state index in [0.717, 1.165) is 16.7 Å². The molecule has 1 aliphatic rings. The summed E-state index contributed by atoms with van der Waals surface area (Å²) in [6.07, 6.45) is 1.94. The van der Waals surface area contributed by atoms with E-state index in [1.165, 1.54) is 5.56 Å². The first-order chi connectivity index (χ1) is 10.6. The molecule has 2 heterocycles. The Kier molecular flexibility index (Phi) is 4.36. The molecule has 1 fully saturated rings. The van der Waals surface area contributed by atoms with E-state index < -0.39 is 0 Å². The molecule has 2 aromatic rings. The minimum absolute atomic E-state index is 0.0140. The quantitative estimate of drug-likeness (QED) is 0.913. The van der Waals surface area contributed by atoms with Gasteiger partial charge in [0.1, 0.15) is 5.69 Å². The maximum Gasteiger partial charge on any atom is 0.270 e. The molecule has 0 bridgehead atoms. The molecule has 0 saturated carbocycles. The molecule has 2 N–H and O–H groups in total. The van der Waals surface area contributed by atoms with Crippen LogP contribution in [0.15, 0.2) is 47.1 Å². The number of hydrogen-bond acceptors (Lipinski definition) is 2. The van der Waals surface area contributed by atoms with Crippen LogP contribution < -0.4 is 5.73 Å². The summed E-state index contributed by atoms with van der Waals surface area (Å²) in [6, 6.07) is 12.1. The van der Waals surface area contributed by atoms with Crippen LogP contribution in [0.4, 0.5) is 0 Å². The molecule has 22 heavy (non-hydrogen) atoms. The van der Waals surface area contributed by atoms with Gasteiger partial charge in [-0.15, -0.1) is 0 Å². The summed E-state index contributed by atoms with van der Waals surface area (Å²) in [5.41, 5.74) is 8.21. The standard InChI is InChI=1S/C17H20BrN3O/c1-2-20-9-13(18)8-16(20)17(22)21-10-14(15(19)11-21)12-6-4-3-5-7-12/h3-9,14-15H,2,10-11,19H2,1H3/t14-,15+/m0/s1. The average molecular weight is 362 g/mol. The number of likely N-dealkylation sites (tertiary alicyclic amines) is 1. The van der Waals surface area contributed by atoms with E-state index in [0.29, 0.717) is 13.1 Å². The highest BCUT2D eigenvalue weighted by atomic mass is 79.9. The number of nitrogens with zero attached hydrogens (tertiary/aromatic N) is 2. The highest BCUT2D eigenvalue weighted by molar-refractivity contribution is 9.10. The number of nitrogens with two attached hydrogens (primary N) is 1. The summed E-state index contributed by atoms with van der Waals surface area (Å²) >= 11 is 3.44. The predicted molar refractivity (Wildman–Crippen MR) is 90.9 cm³/mol. The van der Waals surface area contributed by atoms with Crippen molar-refractivity contribution in [3.05, 3.63) is 58.3 Å². The molecule has 0 radical (unpaired) electrons. The lowest BCUT2D eigenvalue weighted by Crippen LogP contribution is -2.33. The molecule has 0 aliphatic carbocycles. The topological polar surface area (TPSA) is 51.3 Å². The molecule has 2 atom stereocenters. The van der Waals surface area contributed by atoms with Gasteiger partial charge in [0, 0.05) is 42.3 Å². The Bertz CT molecular complexity index is 668. The molecule has 4 nitrogen and oxygen atoms in total. The van der Waals surface area contributed by atoms with Crippen LogP contribution >= 0.6 is 15.9 Å². The summed E-state index contributed by atoms with van der Waals surface area (Å²) in [7, 11) is 0. The van der Waals surface area contributed by atoms with E-state index in [2.05, 4.69) is 28.1 Å². The van der Waals surface area contributed by atoms with Crippen LogP contribution in [0, 0.1) is 0 Å². The fourth-order valence-electron chi connectivity index (χ4n) is 3.13. The van der Waals surface area contributed by atoms with E-state index in [4.69, 9.17) is 5.73 Å². The van der Waals surface area contributed by atoms with E-state index in [1.807, 2.05) is 46.9 Å². The van der Waals surface area contributed by atoms with Crippen molar-refractivity contribution in [2.24, 2.45) is 5.73 Å². The van der Waals surface area contributed by atoms with E-state index >= 15 is 0 Å². The van der Waals surface area contributed by atoms with Crippen molar-refractivity contribution in [1.29, 1.82) is 0 Å². The van der Waals surface area contributed by atoms with Gasteiger partial charge in [-0.1, -0.05) is 30.3 Å². The highest BCUT2D eigenvalue weighted by Gasteiger charge is 2.35. The van der Waals surface area contributed by atoms with Crippen molar-refractivity contribution in [1.82, 2.24) is 9.47 Å². The lowest BCUT2D eigenvalue weighted by molar-refractivity contribution is 0.0778. The molecule has 1 saturated heterocycles. The minimum Gasteiger partial charge on any atom is -0.343 e. The summed E-state index contributed by atoms with van der Waals surface area (Å²) in [6.45, 7) is 4.09. The number of aryl methyl sites for hydroxylation is 1. The predicted octanol–water partition coefficient (Wildman–Crippen LogP) is 2.84. The van der Waals surface area contributed by atoms with Gasteiger partial charge in [-0.25, -0.2) is 0 Å². The minimum atomic E-state index is -0.0140. The van der Waals surface area contributed by atoms with Gasteiger partial charge in [-0.2, -0.15) is 0 Å². The molecule has 1 amide bonds. The monoisotopic (exact) mass is 361 g/mol. The summed E-state index contributed by atoms with van der Waals surface area (Å²) < 4.78 is 2.90. The smallest absolute Gasteiger partial charge is 0.270 e. The number of carbonyl (C=O) groups excluding carboxylic acids is 1. The van der Waals surface area contributed by atoms with E-state index in [-0.39, 0.29) is 17.9 Å². The van der Waals surface area contributed by atoms with Gasteiger partial charge in [0.25, 0.3) is 5.91 Å². The lowest BCUT2D eigenvalue weighted by atomic mass is 9.95. The fourth-order valence-corrected chi connectivity index (χ4v) is 3.59. The first-order valence-electron chi connectivity index (χ1n) is 7.55. The lowest BCUT2D eigenvalue weighted by Gasteiger charge is -2.17. The molecule has 1 aromatic heterocycles. The van der Waals surface area contributed by atoms with Crippen LogP contribution in [-0.4, -0.2) is 34.5 Å². The van der Waals surface area contributed by atoms with Crippen LogP contribution in [0.5, 0.6) is 0 Å². The molecule has 5 heteroatoms. The van der Waals surface area contributed by atoms with Gasteiger partial charge in [-0.3, -0.25) is 4.79 Å². The third kappa shape index (κ3) is 2.83. The Labute approximate surface area is 139 Å². The normalized spacial score (nSPS) is 21.3. The number of halogens is 1. The number of hydrogen-bond donors (Lipinski definition) is 1.